The summed E-state index contributed by atoms with van der Waals surface area (Å²) in [6, 6.07) is 16.2. The van der Waals surface area contributed by atoms with Crippen LogP contribution in [0.5, 0.6) is 5.75 Å². The van der Waals surface area contributed by atoms with Crippen molar-refractivity contribution >= 4 is 32.5 Å². The predicted octanol–water partition coefficient (Wildman–Crippen LogP) is 4.62. The summed E-state index contributed by atoms with van der Waals surface area (Å²) in [6.45, 7) is 0.703. The third-order valence-corrected chi connectivity index (χ3v) is 3.82. The van der Waals surface area contributed by atoms with Crippen LogP contribution in [0.1, 0.15) is 5.56 Å². The molecule has 0 amide bonds. The summed E-state index contributed by atoms with van der Waals surface area (Å²) in [4.78, 5) is 4.33. The summed E-state index contributed by atoms with van der Waals surface area (Å²) in [5.41, 5.74) is 3.18. The third-order valence-electron chi connectivity index (χ3n) is 3.33. The van der Waals surface area contributed by atoms with Gasteiger partial charge in [0.1, 0.15) is 5.75 Å². The topological polar surface area (TPSA) is 34.1 Å². The molecule has 106 valence electrons. The number of nitrogens with one attached hydrogen (secondary N) is 1. The number of hydrogen-bond donors (Lipinski definition) is 1. The zero-order chi connectivity index (χ0) is 14.7. The molecule has 0 unspecified atom stereocenters. The second-order valence-corrected chi connectivity index (χ2v) is 5.64. The van der Waals surface area contributed by atoms with Crippen LogP contribution in [-0.4, -0.2) is 12.1 Å². The van der Waals surface area contributed by atoms with E-state index in [1.54, 1.807) is 7.11 Å². The molecule has 0 atom stereocenters. The van der Waals surface area contributed by atoms with Gasteiger partial charge >= 0.3 is 0 Å². The maximum absolute atomic E-state index is 5.39. The maximum Gasteiger partial charge on any atom is 0.123 e. The van der Waals surface area contributed by atoms with Gasteiger partial charge in [0, 0.05) is 33.9 Å². The number of pyridine rings is 1. The molecular formula is C17H15BrN2O. The summed E-state index contributed by atoms with van der Waals surface area (Å²) in [6.07, 6.45) is 1.81. The van der Waals surface area contributed by atoms with E-state index in [1.165, 1.54) is 0 Å². The van der Waals surface area contributed by atoms with Crippen molar-refractivity contribution in [1.29, 1.82) is 0 Å². The van der Waals surface area contributed by atoms with Crippen LogP contribution in [0.15, 0.2) is 59.2 Å². The third kappa shape index (κ3) is 3.16. The smallest absolute Gasteiger partial charge is 0.123 e. The highest BCUT2D eigenvalue weighted by Gasteiger charge is 2.04. The van der Waals surface area contributed by atoms with Gasteiger partial charge in [0.2, 0.25) is 0 Å². The Kier molecular flexibility index (Phi) is 4.06. The minimum absolute atomic E-state index is 0.703. The number of methoxy groups -OCH3 is 1. The van der Waals surface area contributed by atoms with Gasteiger partial charge < -0.3 is 10.1 Å². The largest absolute Gasteiger partial charge is 0.496 e. The Morgan fingerprint density at radius 3 is 2.90 bits per heavy atom. The van der Waals surface area contributed by atoms with Crippen molar-refractivity contribution in [3.8, 4) is 5.75 Å². The number of ether oxygens (including phenoxy) is 1. The molecule has 1 heterocycles. The van der Waals surface area contributed by atoms with Crippen molar-refractivity contribution in [2.75, 3.05) is 12.4 Å². The van der Waals surface area contributed by atoms with Gasteiger partial charge in [-0.3, -0.25) is 4.98 Å². The first-order chi connectivity index (χ1) is 10.3. The molecule has 4 heteroatoms. The van der Waals surface area contributed by atoms with Gasteiger partial charge in [0.05, 0.1) is 12.6 Å². The molecule has 0 spiro atoms. The van der Waals surface area contributed by atoms with Crippen molar-refractivity contribution in [1.82, 2.24) is 4.98 Å². The normalized spacial score (nSPS) is 10.6. The quantitative estimate of drug-likeness (QED) is 0.751. The molecule has 0 saturated heterocycles. The zero-order valence-electron chi connectivity index (χ0n) is 11.6. The van der Waals surface area contributed by atoms with Gasteiger partial charge in [0.15, 0.2) is 0 Å². The molecular weight excluding hydrogens is 328 g/mol. The average Bonchev–Trinajstić information content (AvgIpc) is 2.53. The minimum Gasteiger partial charge on any atom is -0.496 e. The van der Waals surface area contributed by atoms with Crippen molar-refractivity contribution in [2.45, 2.75) is 6.54 Å². The lowest BCUT2D eigenvalue weighted by molar-refractivity contribution is 0.410. The highest BCUT2D eigenvalue weighted by atomic mass is 79.9. The van der Waals surface area contributed by atoms with Crippen LogP contribution in [0.2, 0.25) is 0 Å². The van der Waals surface area contributed by atoms with E-state index in [0.717, 1.165) is 32.4 Å². The van der Waals surface area contributed by atoms with Crippen molar-refractivity contribution < 1.29 is 4.74 Å². The van der Waals surface area contributed by atoms with Crippen LogP contribution in [0.4, 0.5) is 5.69 Å². The van der Waals surface area contributed by atoms with E-state index in [2.05, 4.69) is 44.4 Å². The van der Waals surface area contributed by atoms with Gasteiger partial charge in [-0.15, -0.1) is 0 Å². The first-order valence-corrected chi connectivity index (χ1v) is 7.46. The Labute approximate surface area is 132 Å². The fourth-order valence-electron chi connectivity index (χ4n) is 2.27. The molecule has 2 aromatic carbocycles. The standard InChI is InChI=1S/C17H15BrN2O/c1-21-17-7-4-14(18)9-13(17)11-20-15-5-6-16-12(10-15)3-2-8-19-16/h2-10,20H,11H2,1H3. The fourth-order valence-corrected chi connectivity index (χ4v) is 2.68. The lowest BCUT2D eigenvalue weighted by atomic mass is 10.1. The number of aromatic nitrogens is 1. The van der Waals surface area contributed by atoms with Crippen LogP contribution in [0.25, 0.3) is 10.9 Å². The van der Waals surface area contributed by atoms with Gasteiger partial charge in [-0.1, -0.05) is 22.0 Å². The molecule has 0 aliphatic heterocycles. The summed E-state index contributed by atoms with van der Waals surface area (Å²) in [7, 11) is 1.69. The molecule has 1 N–H and O–H groups in total. The molecule has 21 heavy (non-hydrogen) atoms. The number of anilines is 1. The van der Waals surface area contributed by atoms with E-state index in [1.807, 2.05) is 36.5 Å². The van der Waals surface area contributed by atoms with Gasteiger partial charge in [-0.05, 0) is 42.5 Å². The summed E-state index contributed by atoms with van der Waals surface area (Å²) >= 11 is 3.49. The van der Waals surface area contributed by atoms with Crippen LogP contribution >= 0.6 is 15.9 Å². The van der Waals surface area contributed by atoms with E-state index < -0.39 is 0 Å². The molecule has 0 aliphatic carbocycles. The number of fused-ring (bicyclic) bond motifs is 1. The molecule has 1 aromatic heterocycles. The summed E-state index contributed by atoms with van der Waals surface area (Å²) in [5.74, 6) is 0.883. The second kappa shape index (κ2) is 6.14. The van der Waals surface area contributed by atoms with Gasteiger partial charge in [-0.2, -0.15) is 0 Å². The summed E-state index contributed by atoms with van der Waals surface area (Å²) < 4.78 is 6.43. The number of nitrogens with zero attached hydrogens (tertiary/aromatic N) is 1. The Morgan fingerprint density at radius 2 is 2.05 bits per heavy atom. The highest BCUT2D eigenvalue weighted by Crippen LogP contribution is 2.24. The van der Waals surface area contributed by atoms with Crippen molar-refractivity contribution in [3.63, 3.8) is 0 Å². The van der Waals surface area contributed by atoms with E-state index in [-0.39, 0.29) is 0 Å². The Balaban J connectivity index is 1.81. The highest BCUT2D eigenvalue weighted by molar-refractivity contribution is 9.10. The Hall–Kier alpha value is -2.07. The van der Waals surface area contributed by atoms with E-state index in [4.69, 9.17) is 4.74 Å². The van der Waals surface area contributed by atoms with Crippen LogP contribution in [-0.2, 0) is 6.54 Å². The predicted molar refractivity (Wildman–Crippen MR) is 89.8 cm³/mol. The second-order valence-electron chi connectivity index (χ2n) is 4.72. The number of benzene rings is 2. The Bertz CT molecular complexity index is 774. The number of hydrogen-bond acceptors (Lipinski definition) is 3. The first kappa shape index (κ1) is 13.9. The SMILES string of the molecule is COc1ccc(Br)cc1CNc1ccc2ncccc2c1. The molecule has 3 nitrogen and oxygen atoms in total. The molecule has 0 aliphatic rings. The molecule has 0 saturated carbocycles. The van der Waals surface area contributed by atoms with Crippen molar-refractivity contribution in [2.24, 2.45) is 0 Å². The fraction of sp³-hybridized carbons (Fsp3) is 0.118. The lowest BCUT2D eigenvalue weighted by Gasteiger charge is -2.11. The summed E-state index contributed by atoms with van der Waals surface area (Å²) in [5, 5.41) is 4.55. The molecule has 0 bridgehead atoms. The molecule has 0 radical (unpaired) electrons. The zero-order valence-corrected chi connectivity index (χ0v) is 13.2. The van der Waals surface area contributed by atoms with Crippen LogP contribution in [0, 0.1) is 0 Å². The van der Waals surface area contributed by atoms with Crippen molar-refractivity contribution in [3.05, 3.63) is 64.8 Å². The lowest BCUT2D eigenvalue weighted by Crippen LogP contribution is -2.01. The number of halogens is 1. The maximum atomic E-state index is 5.39. The van der Waals surface area contributed by atoms with Gasteiger partial charge in [0.25, 0.3) is 0 Å². The molecule has 3 aromatic rings. The Morgan fingerprint density at radius 1 is 1.14 bits per heavy atom. The van der Waals surface area contributed by atoms with Crippen LogP contribution in [0.3, 0.4) is 0 Å². The van der Waals surface area contributed by atoms with E-state index in [9.17, 15) is 0 Å². The van der Waals surface area contributed by atoms with E-state index >= 15 is 0 Å². The number of rotatable bonds is 4. The van der Waals surface area contributed by atoms with E-state index in [0.29, 0.717) is 6.54 Å². The minimum atomic E-state index is 0.703. The molecule has 3 rings (SSSR count). The van der Waals surface area contributed by atoms with Gasteiger partial charge in [-0.25, -0.2) is 0 Å². The average molecular weight is 343 g/mol. The monoisotopic (exact) mass is 342 g/mol. The molecule has 0 fully saturated rings. The first-order valence-electron chi connectivity index (χ1n) is 6.67. The van der Waals surface area contributed by atoms with Crippen LogP contribution < -0.4 is 10.1 Å².